The number of hydrogen-bond donors (Lipinski definition) is 1. The lowest BCUT2D eigenvalue weighted by Crippen LogP contribution is -2.29. The maximum atomic E-state index is 13.1. The molecule has 1 fully saturated rings. The van der Waals surface area contributed by atoms with E-state index in [1.807, 2.05) is 0 Å². The Kier molecular flexibility index (Phi) is 5.80. The third-order valence-corrected chi connectivity index (χ3v) is 5.85. The third kappa shape index (κ3) is 3.82. The minimum Gasteiger partial charge on any atom is -0.507 e. The van der Waals surface area contributed by atoms with E-state index in [1.165, 1.54) is 12.0 Å². The Hall–Kier alpha value is -3.16. The van der Waals surface area contributed by atoms with E-state index < -0.39 is 17.7 Å². The van der Waals surface area contributed by atoms with Gasteiger partial charge in [-0.15, -0.1) is 0 Å². The van der Waals surface area contributed by atoms with Crippen LogP contribution < -0.4 is 9.64 Å². The Morgan fingerprint density at radius 2 is 1.90 bits per heavy atom. The standard InChI is InChI=1S/C23H16BrClN2O4/c1-31-18-9-4-13(11-17(18)24)21(28)19-20(14-3-2-10-26-12-14)27(23(30)22(19)29)16-7-5-15(25)6-8-16/h2-12,20,28H,1H3/b21-19-. The van der Waals surface area contributed by atoms with Gasteiger partial charge < -0.3 is 9.84 Å². The molecule has 1 aliphatic rings. The summed E-state index contributed by atoms with van der Waals surface area (Å²) in [6.45, 7) is 0. The van der Waals surface area contributed by atoms with Crippen LogP contribution >= 0.6 is 27.5 Å². The molecule has 1 atom stereocenters. The van der Waals surface area contributed by atoms with Gasteiger partial charge in [-0.25, -0.2) is 0 Å². The molecule has 4 rings (SSSR count). The van der Waals surface area contributed by atoms with Crippen molar-refractivity contribution in [2.75, 3.05) is 12.0 Å². The summed E-state index contributed by atoms with van der Waals surface area (Å²) in [5.74, 6) is -1.24. The van der Waals surface area contributed by atoms with Crippen LogP contribution in [0.3, 0.4) is 0 Å². The van der Waals surface area contributed by atoms with Gasteiger partial charge in [0.25, 0.3) is 11.7 Å². The third-order valence-electron chi connectivity index (χ3n) is 4.97. The first-order valence-corrected chi connectivity index (χ1v) is 10.4. The smallest absolute Gasteiger partial charge is 0.300 e. The molecule has 6 nitrogen and oxygen atoms in total. The maximum Gasteiger partial charge on any atom is 0.300 e. The zero-order valence-electron chi connectivity index (χ0n) is 16.3. The first-order valence-electron chi connectivity index (χ1n) is 9.22. The second-order valence-corrected chi connectivity index (χ2v) is 8.07. The number of nitrogens with zero attached hydrogens (tertiary/aromatic N) is 2. The number of aliphatic hydroxyl groups is 1. The van der Waals surface area contributed by atoms with Gasteiger partial charge in [-0.1, -0.05) is 17.7 Å². The predicted octanol–water partition coefficient (Wildman–Crippen LogP) is 5.13. The number of halogens is 2. The van der Waals surface area contributed by atoms with E-state index in [4.69, 9.17) is 16.3 Å². The Morgan fingerprint density at radius 1 is 1.16 bits per heavy atom. The highest BCUT2D eigenvalue weighted by Gasteiger charge is 2.47. The van der Waals surface area contributed by atoms with Crippen LogP contribution in [0, 0.1) is 0 Å². The SMILES string of the molecule is COc1ccc(/C(O)=C2/C(=O)C(=O)N(c3ccc(Cl)cc3)C2c2cccnc2)cc1Br. The van der Waals surface area contributed by atoms with Gasteiger partial charge in [0.2, 0.25) is 0 Å². The number of Topliss-reactive ketones (excluding diaryl/α,β-unsaturated/α-hetero) is 1. The molecule has 0 radical (unpaired) electrons. The Labute approximate surface area is 191 Å². The predicted molar refractivity (Wildman–Crippen MR) is 121 cm³/mol. The first-order chi connectivity index (χ1) is 14.9. The lowest BCUT2D eigenvalue weighted by atomic mass is 9.96. The Bertz CT molecular complexity index is 1200. The molecule has 2 heterocycles. The number of aliphatic hydroxyl groups excluding tert-OH is 1. The van der Waals surface area contributed by atoms with E-state index in [0.717, 1.165) is 0 Å². The van der Waals surface area contributed by atoms with Crippen LogP contribution in [0.15, 0.2) is 77.0 Å². The fraction of sp³-hybridized carbons (Fsp3) is 0.0870. The number of amides is 1. The number of ether oxygens (including phenoxy) is 1. The number of carbonyl (C=O) groups excluding carboxylic acids is 2. The number of pyridine rings is 1. The number of methoxy groups -OCH3 is 1. The average Bonchev–Trinajstić information content (AvgIpc) is 3.05. The highest BCUT2D eigenvalue weighted by atomic mass is 79.9. The second kappa shape index (κ2) is 8.53. The highest BCUT2D eigenvalue weighted by Crippen LogP contribution is 2.42. The number of anilines is 1. The van der Waals surface area contributed by atoms with Crippen LogP contribution in [0.5, 0.6) is 5.75 Å². The molecule has 0 bridgehead atoms. The van der Waals surface area contributed by atoms with Gasteiger partial charge in [0.15, 0.2) is 0 Å². The molecule has 1 aliphatic heterocycles. The van der Waals surface area contributed by atoms with Gasteiger partial charge in [-0.3, -0.25) is 19.5 Å². The van der Waals surface area contributed by atoms with E-state index in [9.17, 15) is 14.7 Å². The molecule has 1 aromatic heterocycles. The molecular weight excluding hydrogens is 484 g/mol. The summed E-state index contributed by atoms with van der Waals surface area (Å²) in [5.41, 5.74) is 1.42. The van der Waals surface area contributed by atoms with Gasteiger partial charge in [0.05, 0.1) is 23.2 Å². The van der Waals surface area contributed by atoms with Crippen molar-refractivity contribution in [1.82, 2.24) is 4.98 Å². The quantitative estimate of drug-likeness (QED) is 0.306. The van der Waals surface area contributed by atoms with E-state index in [0.29, 0.717) is 32.1 Å². The molecule has 3 aromatic rings. The van der Waals surface area contributed by atoms with Crippen LogP contribution in [-0.2, 0) is 9.59 Å². The molecule has 1 N–H and O–H groups in total. The molecule has 8 heteroatoms. The van der Waals surface area contributed by atoms with Crippen molar-refractivity contribution >= 4 is 50.7 Å². The summed E-state index contributed by atoms with van der Waals surface area (Å²) >= 11 is 9.37. The summed E-state index contributed by atoms with van der Waals surface area (Å²) in [7, 11) is 1.53. The van der Waals surface area contributed by atoms with E-state index in [-0.39, 0.29) is 11.3 Å². The summed E-state index contributed by atoms with van der Waals surface area (Å²) in [6.07, 6.45) is 3.16. The van der Waals surface area contributed by atoms with Crippen LogP contribution in [0.4, 0.5) is 5.69 Å². The number of rotatable bonds is 4. The minimum atomic E-state index is -0.851. The molecular formula is C23H16BrClN2O4. The average molecular weight is 500 g/mol. The van der Waals surface area contributed by atoms with Gasteiger partial charge in [-0.05, 0) is 70.0 Å². The zero-order valence-corrected chi connectivity index (χ0v) is 18.6. The molecule has 0 spiro atoms. The van der Waals surface area contributed by atoms with E-state index in [2.05, 4.69) is 20.9 Å². The number of hydrogen-bond acceptors (Lipinski definition) is 5. The molecule has 156 valence electrons. The van der Waals surface area contributed by atoms with Crippen molar-refractivity contribution in [1.29, 1.82) is 0 Å². The van der Waals surface area contributed by atoms with Crippen LogP contribution in [-0.4, -0.2) is 28.9 Å². The van der Waals surface area contributed by atoms with E-state index >= 15 is 0 Å². The second-order valence-electron chi connectivity index (χ2n) is 6.78. The lowest BCUT2D eigenvalue weighted by Gasteiger charge is -2.25. The molecule has 0 aliphatic carbocycles. The Morgan fingerprint density at radius 3 is 2.52 bits per heavy atom. The fourth-order valence-corrected chi connectivity index (χ4v) is 4.19. The van der Waals surface area contributed by atoms with Crippen LogP contribution in [0.1, 0.15) is 17.2 Å². The fourth-order valence-electron chi connectivity index (χ4n) is 3.52. The molecule has 0 saturated carbocycles. The normalized spacial score (nSPS) is 17.8. The van der Waals surface area contributed by atoms with Gasteiger partial charge in [-0.2, -0.15) is 0 Å². The van der Waals surface area contributed by atoms with Crippen molar-refractivity contribution in [2.24, 2.45) is 0 Å². The lowest BCUT2D eigenvalue weighted by molar-refractivity contribution is -0.132. The monoisotopic (exact) mass is 498 g/mol. The minimum absolute atomic E-state index is 0.0231. The molecule has 2 aromatic carbocycles. The van der Waals surface area contributed by atoms with Crippen molar-refractivity contribution in [2.45, 2.75) is 6.04 Å². The zero-order chi connectivity index (χ0) is 22.1. The van der Waals surface area contributed by atoms with Crippen molar-refractivity contribution in [3.63, 3.8) is 0 Å². The van der Waals surface area contributed by atoms with Crippen LogP contribution in [0.25, 0.3) is 5.76 Å². The summed E-state index contributed by atoms with van der Waals surface area (Å²) in [6, 6.07) is 14.1. The van der Waals surface area contributed by atoms with Crippen molar-refractivity contribution < 1.29 is 19.4 Å². The van der Waals surface area contributed by atoms with Gasteiger partial charge >= 0.3 is 0 Å². The molecule has 31 heavy (non-hydrogen) atoms. The topological polar surface area (TPSA) is 79.7 Å². The summed E-state index contributed by atoms with van der Waals surface area (Å²) < 4.78 is 5.83. The van der Waals surface area contributed by atoms with Gasteiger partial charge in [0.1, 0.15) is 11.5 Å². The number of carbonyl (C=O) groups is 2. The largest absolute Gasteiger partial charge is 0.507 e. The maximum absolute atomic E-state index is 13.1. The number of benzene rings is 2. The van der Waals surface area contributed by atoms with Crippen LogP contribution in [0.2, 0.25) is 5.02 Å². The molecule has 1 amide bonds. The summed E-state index contributed by atoms with van der Waals surface area (Å²) in [4.78, 5) is 31.6. The highest BCUT2D eigenvalue weighted by molar-refractivity contribution is 9.10. The van der Waals surface area contributed by atoms with Crippen molar-refractivity contribution in [3.8, 4) is 5.75 Å². The molecule has 1 saturated heterocycles. The number of ketones is 1. The van der Waals surface area contributed by atoms with Gasteiger partial charge in [0, 0.05) is 28.7 Å². The Balaban J connectivity index is 1.92. The summed E-state index contributed by atoms with van der Waals surface area (Å²) in [5, 5.41) is 11.6. The van der Waals surface area contributed by atoms with E-state index in [1.54, 1.807) is 67.0 Å². The number of aromatic nitrogens is 1. The van der Waals surface area contributed by atoms with Crippen molar-refractivity contribution in [3.05, 3.63) is 93.2 Å². The first kappa shape index (κ1) is 21.1. The molecule has 1 unspecified atom stereocenters.